The third kappa shape index (κ3) is 3.58. The zero-order valence-electron chi connectivity index (χ0n) is 12.1. The number of benzene rings is 1. The molecule has 1 aliphatic rings. The Morgan fingerprint density at radius 1 is 1.17 bits per heavy atom. The van der Waals surface area contributed by atoms with Crippen LogP contribution in [0, 0.1) is 19.8 Å². The number of hydrogen-bond acceptors (Lipinski definition) is 1. The molecular formula is C17H27N. The Morgan fingerprint density at radius 3 is 2.56 bits per heavy atom. The van der Waals surface area contributed by atoms with Crippen molar-refractivity contribution in [2.45, 2.75) is 58.9 Å². The Morgan fingerprint density at radius 2 is 1.89 bits per heavy atom. The topological polar surface area (TPSA) is 12.0 Å². The van der Waals surface area contributed by atoms with E-state index in [0.717, 1.165) is 5.92 Å². The van der Waals surface area contributed by atoms with Crippen molar-refractivity contribution < 1.29 is 0 Å². The van der Waals surface area contributed by atoms with Crippen molar-refractivity contribution in [1.82, 2.24) is 5.32 Å². The first-order valence-corrected chi connectivity index (χ1v) is 7.47. The smallest absolute Gasteiger partial charge is 0.0291 e. The minimum Gasteiger partial charge on any atom is -0.310 e. The summed E-state index contributed by atoms with van der Waals surface area (Å²) < 4.78 is 0. The van der Waals surface area contributed by atoms with Gasteiger partial charge in [0, 0.05) is 6.04 Å². The van der Waals surface area contributed by atoms with E-state index in [2.05, 4.69) is 44.3 Å². The zero-order chi connectivity index (χ0) is 13.0. The molecular weight excluding hydrogens is 218 g/mol. The number of nitrogens with one attached hydrogen (secondary N) is 1. The molecule has 0 aromatic heterocycles. The summed E-state index contributed by atoms with van der Waals surface area (Å²) in [5.74, 6) is 0.990. The Kier molecular flexibility index (Phi) is 4.82. The quantitative estimate of drug-likeness (QED) is 0.803. The lowest BCUT2D eigenvalue weighted by atomic mass is 10.0. The van der Waals surface area contributed by atoms with Gasteiger partial charge < -0.3 is 5.32 Å². The third-order valence-corrected chi connectivity index (χ3v) is 4.51. The van der Waals surface area contributed by atoms with Gasteiger partial charge in [-0.3, -0.25) is 0 Å². The van der Waals surface area contributed by atoms with Gasteiger partial charge in [0.2, 0.25) is 0 Å². The molecule has 0 spiro atoms. The Bertz CT molecular complexity index is 377. The predicted molar refractivity (Wildman–Crippen MR) is 78.9 cm³/mol. The van der Waals surface area contributed by atoms with E-state index >= 15 is 0 Å². The van der Waals surface area contributed by atoms with Crippen molar-refractivity contribution in [2.75, 3.05) is 6.54 Å². The van der Waals surface area contributed by atoms with Gasteiger partial charge in [0.25, 0.3) is 0 Å². The number of aryl methyl sites for hydroxylation is 2. The van der Waals surface area contributed by atoms with Crippen molar-refractivity contribution >= 4 is 0 Å². The van der Waals surface area contributed by atoms with Crippen LogP contribution in [0.3, 0.4) is 0 Å². The van der Waals surface area contributed by atoms with Crippen LogP contribution < -0.4 is 5.32 Å². The minimum absolute atomic E-state index is 0.478. The molecule has 1 aliphatic carbocycles. The third-order valence-electron chi connectivity index (χ3n) is 4.51. The SMILES string of the molecule is Cc1ccc(C(C)NCCC2CCCC2)cc1C. The maximum atomic E-state index is 3.67. The van der Waals surface area contributed by atoms with Gasteiger partial charge in [-0.25, -0.2) is 0 Å². The largest absolute Gasteiger partial charge is 0.310 e. The summed E-state index contributed by atoms with van der Waals surface area (Å²) in [5.41, 5.74) is 4.21. The van der Waals surface area contributed by atoms with E-state index in [-0.39, 0.29) is 0 Å². The normalized spacial score (nSPS) is 18.2. The lowest BCUT2D eigenvalue weighted by Crippen LogP contribution is -2.21. The van der Waals surface area contributed by atoms with Crippen LogP contribution in [-0.4, -0.2) is 6.54 Å². The lowest BCUT2D eigenvalue weighted by Gasteiger charge is -2.17. The lowest BCUT2D eigenvalue weighted by molar-refractivity contribution is 0.455. The van der Waals surface area contributed by atoms with Crippen LogP contribution in [0.15, 0.2) is 18.2 Å². The maximum absolute atomic E-state index is 3.67. The van der Waals surface area contributed by atoms with Gasteiger partial charge in [0.1, 0.15) is 0 Å². The monoisotopic (exact) mass is 245 g/mol. The average Bonchev–Trinajstić information content (AvgIpc) is 2.85. The van der Waals surface area contributed by atoms with Crippen LogP contribution in [0.2, 0.25) is 0 Å². The average molecular weight is 245 g/mol. The molecule has 1 aromatic carbocycles. The summed E-state index contributed by atoms with van der Waals surface area (Å²) in [7, 11) is 0. The van der Waals surface area contributed by atoms with Gasteiger partial charge in [-0.2, -0.15) is 0 Å². The first-order chi connectivity index (χ1) is 8.66. The zero-order valence-corrected chi connectivity index (χ0v) is 12.1. The highest BCUT2D eigenvalue weighted by Crippen LogP contribution is 2.27. The highest BCUT2D eigenvalue weighted by Gasteiger charge is 2.14. The summed E-state index contributed by atoms with van der Waals surface area (Å²) in [4.78, 5) is 0. The molecule has 1 heteroatoms. The molecule has 1 atom stereocenters. The molecule has 18 heavy (non-hydrogen) atoms. The minimum atomic E-state index is 0.478. The van der Waals surface area contributed by atoms with Crippen molar-refractivity contribution in [2.24, 2.45) is 5.92 Å². The summed E-state index contributed by atoms with van der Waals surface area (Å²) in [6, 6.07) is 7.29. The Labute approximate surface area is 112 Å². The molecule has 0 saturated heterocycles. The molecule has 0 bridgehead atoms. The second kappa shape index (κ2) is 6.38. The fourth-order valence-corrected chi connectivity index (χ4v) is 2.95. The molecule has 100 valence electrons. The van der Waals surface area contributed by atoms with Crippen LogP contribution >= 0.6 is 0 Å². The van der Waals surface area contributed by atoms with E-state index in [1.54, 1.807) is 0 Å². The van der Waals surface area contributed by atoms with Gasteiger partial charge in [-0.15, -0.1) is 0 Å². The van der Waals surface area contributed by atoms with Crippen LogP contribution in [0.5, 0.6) is 0 Å². The van der Waals surface area contributed by atoms with Gasteiger partial charge in [-0.05, 0) is 56.3 Å². The molecule has 1 aromatic rings. The summed E-state index contributed by atoms with van der Waals surface area (Å²) in [6.07, 6.45) is 7.18. The van der Waals surface area contributed by atoms with Gasteiger partial charge in [0.15, 0.2) is 0 Å². The number of hydrogen-bond donors (Lipinski definition) is 1. The highest BCUT2D eigenvalue weighted by atomic mass is 14.9. The van der Waals surface area contributed by atoms with Crippen molar-refractivity contribution in [3.63, 3.8) is 0 Å². The first-order valence-electron chi connectivity index (χ1n) is 7.47. The molecule has 1 fully saturated rings. The van der Waals surface area contributed by atoms with E-state index in [1.807, 2.05) is 0 Å². The van der Waals surface area contributed by atoms with Crippen molar-refractivity contribution in [3.8, 4) is 0 Å². The van der Waals surface area contributed by atoms with Gasteiger partial charge in [-0.1, -0.05) is 43.9 Å². The van der Waals surface area contributed by atoms with E-state index < -0.39 is 0 Å². The Hall–Kier alpha value is -0.820. The molecule has 1 N–H and O–H groups in total. The second-order valence-electron chi connectivity index (χ2n) is 5.96. The summed E-state index contributed by atoms with van der Waals surface area (Å²) in [5, 5.41) is 3.67. The van der Waals surface area contributed by atoms with Gasteiger partial charge >= 0.3 is 0 Å². The molecule has 0 amide bonds. The molecule has 1 nitrogen and oxygen atoms in total. The molecule has 1 saturated carbocycles. The molecule has 0 aliphatic heterocycles. The fourth-order valence-electron chi connectivity index (χ4n) is 2.95. The van der Waals surface area contributed by atoms with E-state index in [0.29, 0.717) is 6.04 Å². The van der Waals surface area contributed by atoms with Gasteiger partial charge in [0.05, 0.1) is 0 Å². The molecule has 0 heterocycles. The standard InChI is InChI=1S/C17H27N/c1-13-8-9-17(12-14(13)2)15(3)18-11-10-16-6-4-5-7-16/h8-9,12,15-16,18H,4-7,10-11H2,1-3H3. The van der Waals surface area contributed by atoms with E-state index in [9.17, 15) is 0 Å². The molecule has 1 unspecified atom stereocenters. The highest BCUT2D eigenvalue weighted by molar-refractivity contribution is 5.31. The first kappa shape index (κ1) is 13.6. The van der Waals surface area contributed by atoms with Crippen LogP contribution in [0.1, 0.15) is 61.8 Å². The summed E-state index contributed by atoms with van der Waals surface area (Å²) in [6.45, 7) is 7.82. The Balaban J connectivity index is 1.79. The maximum Gasteiger partial charge on any atom is 0.0291 e. The van der Waals surface area contributed by atoms with Crippen molar-refractivity contribution in [3.05, 3.63) is 34.9 Å². The van der Waals surface area contributed by atoms with Crippen molar-refractivity contribution in [1.29, 1.82) is 0 Å². The van der Waals surface area contributed by atoms with Crippen LogP contribution in [-0.2, 0) is 0 Å². The van der Waals surface area contributed by atoms with Crippen LogP contribution in [0.4, 0.5) is 0 Å². The van der Waals surface area contributed by atoms with E-state index in [4.69, 9.17) is 0 Å². The molecule has 0 radical (unpaired) electrons. The van der Waals surface area contributed by atoms with E-state index in [1.165, 1.54) is 55.3 Å². The number of rotatable bonds is 5. The summed E-state index contributed by atoms with van der Waals surface area (Å²) >= 11 is 0. The predicted octanol–water partition coefficient (Wildman–Crippen LogP) is 4.53. The molecule has 2 rings (SSSR count). The second-order valence-corrected chi connectivity index (χ2v) is 5.96. The van der Waals surface area contributed by atoms with Crippen LogP contribution in [0.25, 0.3) is 0 Å². The fraction of sp³-hybridized carbons (Fsp3) is 0.647.